The molecule has 0 unspecified atom stereocenters. The number of aliphatic carboxylic acids is 1. The van der Waals surface area contributed by atoms with Crippen molar-refractivity contribution < 1.29 is 19.3 Å². The average Bonchev–Trinajstić information content (AvgIpc) is 2.45. The molecule has 0 aliphatic rings. The fourth-order valence-corrected chi connectivity index (χ4v) is 2.00. The smallest absolute Gasteiger partial charge is 0.305 e. The number of carboxylic acid groups (broad SMARTS) is 1. The third kappa shape index (κ3) is 6.31. The second-order valence-corrected chi connectivity index (χ2v) is 4.69. The van der Waals surface area contributed by atoms with Gasteiger partial charge in [0.15, 0.2) is 12.4 Å². The predicted molar refractivity (Wildman–Crippen MR) is 75.0 cm³/mol. The van der Waals surface area contributed by atoms with Gasteiger partial charge in [-0.15, -0.1) is 0 Å². The SMILES string of the molecule is CCN(CCC(=O)O)C(=O)CCCC[n+]1ccccc1. The topological polar surface area (TPSA) is 61.5 Å². The zero-order valence-electron chi connectivity index (χ0n) is 12.0. The lowest BCUT2D eigenvalue weighted by atomic mass is 10.2. The summed E-state index contributed by atoms with van der Waals surface area (Å²) in [4.78, 5) is 24.1. The summed E-state index contributed by atoms with van der Waals surface area (Å²) in [7, 11) is 0. The van der Waals surface area contributed by atoms with Crippen molar-refractivity contribution in [1.29, 1.82) is 0 Å². The number of unbranched alkanes of at least 4 members (excludes halogenated alkanes) is 1. The molecule has 1 aromatic heterocycles. The predicted octanol–water partition coefficient (Wildman–Crippen LogP) is 1.47. The number of pyridine rings is 1. The first-order chi connectivity index (χ1) is 9.63. The molecule has 0 saturated heterocycles. The number of hydrogen-bond donors (Lipinski definition) is 1. The van der Waals surface area contributed by atoms with Crippen LogP contribution < -0.4 is 4.57 Å². The number of carbonyl (C=O) groups excluding carboxylic acids is 1. The molecule has 0 bridgehead atoms. The van der Waals surface area contributed by atoms with Crippen LogP contribution in [-0.2, 0) is 16.1 Å². The standard InChI is InChI=1S/C15H22N2O3/c1-2-17(13-9-15(19)20)14(18)8-4-7-12-16-10-5-3-6-11-16/h3,5-6,10-11H,2,4,7-9,12-13H2,1H3/p+1. The van der Waals surface area contributed by atoms with E-state index >= 15 is 0 Å². The van der Waals surface area contributed by atoms with Crippen LogP contribution in [0, 0.1) is 0 Å². The van der Waals surface area contributed by atoms with Crippen molar-refractivity contribution in [3.8, 4) is 0 Å². The van der Waals surface area contributed by atoms with Crippen molar-refractivity contribution in [3.63, 3.8) is 0 Å². The Bertz CT molecular complexity index is 420. The van der Waals surface area contributed by atoms with Crippen molar-refractivity contribution in [2.75, 3.05) is 13.1 Å². The van der Waals surface area contributed by atoms with Crippen LogP contribution in [0.5, 0.6) is 0 Å². The number of carboxylic acids is 1. The highest BCUT2D eigenvalue weighted by molar-refractivity contribution is 5.76. The molecule has 20 heavy (non-hydrogen) atoms. The number of aryl methyl sites for hydroxylation is 1. The summed E-state index contributed by atoms with van der Waals surface area (Å²) in [6.45, 7) is 3.65. The van der Waals surface area contributed by atoms with E-state index < -0.39 is 5.97 Å². The van der Waals surface area contributed by atoms with Gasteiger partial charge in [-0.1, -0.05) is 6.07 Å². The number of amides is 1. The maximum atomic E-state index is 11.9. The van der Waals surface area contributed by atoms with Crippen molar-refractivity contribution in [1.82, 2.24) is 4.90 Å². The number of aromatic nitrogens is 1. The molecule has 0 aromatic carbocycles. The molecule has 1 amide bonds. The highest BCUT2D eigenvalue weighted by Crippen LogP contribution is 2.02. The number of hydrogen-bond acceptors (Lipinski definition) is 2. The van der Waals surface area contributed by atoms with Gasteiger partial charge < -0.3 is 10.0 Å². The Balaban J connectivity index is 2.22. The molecule has 5 nitrogen and oxygen atoms in total. The van der Waals surface area contributed by atoms with Crippen LogP contribution >= 0.6 is 0 Å². The second-order valence-electron chi connectivity index (χ2n) is 4.69. The van der Waals surface area contributed by atoms with Gasteiger partial charge >= 0.3 is 5.97 Å². The first kappa shape index (κ1) is 16.1. The summed E-state index contributed by atoms with van der Waals surface area (Å²) in [5, 5.41) is 8.64. The Morgan fingerprint density at radius 2 is 1.80 bits per heavy atom. The first-order valence-electron chi connectivity index (χ1n) is 7.07. The Morgan fingerprint density at radius 3 is 2.40 bits per heavy atom. The first-order valence-corrected chi connectivity index (χ1v) is 7.07. The van der Waals surface area contributed by atoms with Crippen molar-refractivity contribution in [2.45, 2.75) is 39.2 Å². The molecule has 0 saturated carbocycles. The van der Waals surface area contributed by atoms with Crippen molar-refractivity contribution in [2.24, 2.45) is 0 Å². The fraction of sp³-hybridized carbons (Fsp3) is 0.533. The van der Waals surface area contributed by atoms with Gasteiger partial charge in [-0.3, -0.25) is 9.59 Å². The zero-order valence-corrected chi connectivity index (χ0v) is 12.0. The van der Waals surface area contributed by atoms with Crippen LogP contribution in [0.3, 0.4) is 0 Å². The Kier molecular flexibility index (Phi) is 7.32. The van der Waals surface area contributed by atoms with E-state index in [2.05, 4.69) is 4.57 Å². The minimum atomic E-state index is -0.864. The Hall–Kier alpha value is -1.91. The van der Waals surface area contributed by atoms with Gasteiger partial charge in [-0.2, -0.15) is 0 Å². The molecule has 0 atom stereocenters. The van der Waals surface area contributed by atoms with Gasteiger partial charge in [0.2, 0.25) is 5.91 Å². The maximum absolute atomic E-state index is 11.9. The fourth-order valence-electron chi connectivity index (χ4n) is 2.00. The van der Waals surface area contributed by atoms with Crippen LogP contribution in [0.4, 0.5) is 0 Å². The molecule has 110 valence electrons. The quantitative estimate of drug-likeness (QED) is 0.550. The molecule has 1 heterocycles. The van der Waals surface area contributed by atoms with Crippen LogP contribution in [-0.4, -0.2) is 35.0 Å². The highest BCUT2D eigenvalue weighted by atomic mass is 16.4. The Morgan fingerprint density at radius 1 is 1.10 bits per heavy atom. The largest absolute Gasteiger partial charge is 0.481 e. The highest BCUT2D eigenvalue weighted by Gasteiger charge is 2.12. The third-order valence-electron chi connectivity index (χ3n) is 3.16. The number of rotatable bonds is 9. The van der Waals surface area contributed by atoms with E-state index in [1.54, 1.807) is 4.90 Å². The molecule has 0 aliphatic heterocycles. The summed E-state index contributed by atoms with van der Waals surface area (Å²) in [5.74, 6) is -0.816. The maximum Gasteiger partial charge on any atom is 0.305 e. The summed E-state index contributed by atoms with van der Waals surface area (Å²) in [5.41, 5.74) is 0. The minimum Gasteiger partial charge on any atom is -0.481 e. The van der Waals surface area contributed by atoms with Crippen LogP contribution in [0.2, 0.25) is 0 Å². The molecule has 0 spiro atoms. The zero-order chi connectivity index (χ0) is 14.8. The molecule has 5 heteroatoms. The summed E-state index contributed by atoms with van der Waals surface area (Å²) >= 11 is 0. The van der Waals surface area contributed by atoms with E-state index in [-0.39, 0.29) is 12.3 Å². The molecule has 0 radical (unpaired) electrons. The average molecular weight is 279 g/mol. The van der Waals surface area contributed by atoms with Gasteiger partial charge in [0.05, 0.1) is 6.42 Å². The van der Waals surface area contributed by atoms with E-state index in [1.165, 1.54) is 0 Å². The van der Waals surface area contributed by atoms with E-state index in [1.807, 2.05) is 37.5 Å². The van der Waals surface area contributed by atoms with Gasteiger partial charge in [0, 0.05) is 38.1 Å². The van der Waals surface area contributed by atoms with Gasteiger partial charge in [0.25, 0.3) is 0 Å². The van der Waals surface area contributed by atoms with Gasteiger partial charge in [-0.25, -0.2) is 4.57 Å². The lowest BCUT2D eigenvalue weighted by molar-refractivity contribution is -0.697. The van der Waals surface area contributed by atoms with E-state index in [0.717, 1.165) is 19.4 Å². The van der Waals surface area contributed by atoms with Crippen LogP contribution in [0.15, 0.2) is 30.6 Å². The number of nitrogens with zero attached hydrogens (tertiary/aromatic N) is 2. The summed E-state index contributed by atoms with van der Waals surface area (Å²) in [6.07, 6.45) is 6.28. The molecular formula is C15H23N2O3+. The van der Waals surface area contributed by atoms with Gasteiger partial charge in [0.1, 0.15) is 6.54 Å². The molecule has 1 aromatic rings. The van der Waals surface area contributed by atoms with E-state index in [9.17, 15) is 9.59 Å². The Labute approximate surface area is 119 Å². The minimum absolute atomic E-state index is 0.0133. The van der Waals surface area contributed by atoms with E-state index in [4.69, 9.17) is 5.11 Å². The molecule has 0 aliphatic carbocycles. The lowest BCUT2D eigenvalue weighted by Gasteiger charge is -2.19. The molecular weight excluding hydrogens is 256 g/mol. The summed E-state index contributed by atoms with van der Waals surface area (Å²) < 4.78 is 2.09. The normalized spacial score (nSPS) is 10.2. The molecule has 1 N–H and O–H groups in total. The van der Waals surface area contributed by atoms with Crippen molar-refractivity contribution in [3.05, 3.63) is 30.6 Å². The third-order valence-corrected chi connectivity index (χ3v) is 3.16. The molecule has 0 fully saturated rings. The van der Waals surface area contributed by atoms with Crippen molar-refractivity contribution >= 4 is 11.9 Å². The summed E-state index contributed by atoms with van der Waals surface area (Å²) in [6, 6.07) is 5.94. The molecule has 1 rings (SSSR count). The van der Waals surface area contributed by atoms with Gasteiger partial charge in [-0.05, 0) is 13.3 Å². The second kappa shape index (κ2) is 9.07. The lowest BCUT2D eigenvalue weighted by Crippen LogP contribution is -2.34. The van der Waals surface area contributed by atoms with E-state index in [0.29, 0.717) is 19.5 Å². The number of carbonyl (C=O) groups is 2. The van der Waals surface area contributed by atoms with Crippen LogP contribution in [0.1, 0.15) is 32.6 Å². The monoisotopic (exact) mass is 279 g/mol. The van der Waals surface area contributed by atoms with Crippen LogP contribution in [0.25, 0.3) is 0 Å².